The molecule has 1 amide bonds. The zero-order chi connectivity index (χ0) is 18.1. The molecule has 0 aliphatic heterocycles. The summed E-state index contributed by atoms with van der Waals surface area (Å²) in [6.45, 7) is 1.08. The lowest BCUT2D eigenvalue weighted by Gasteiger charge is -2.27. The van der Waals surface area contributed by atoms with Crippen molar-refractivity contribution in [1.29, 1.82) is 0 Å². The van der Waals surface area contributed by atoms with Gasteiger partial charge in [0.05, 0.1) is 17.7 Å². The summed E-state index contributed by atoms with van der Waals surface area (Å²) < 4.78 is 10.3. The van der Waals surface area contributed by atoms with Crippen LogP contribution in [0.15, 0.2) is 60.7 Å². The predicted molar refractivity (Wildman–Crippen MR) is 92.0 cm³/mol. The first-order chi connectivity index (χ1) is 12.0. The molecule has 25 heavy (non-hydrogen) atoms. The van der Waals surface area contributed by atoms with Crippen molar-refractivity contribution in [2.45, 2.75) is 19.1 Å². The SMILES string of the molecule is CC(CO)(COC(=O)c1ccccc1)NC(=O)OCc1ccccc1. The third-order valence-corrected chi connectivity index (χ3v) is 3.50. The molecule has 0 radical (unpaired) electrons. The molecule has 6 heteroatoms. The first kappa shape index (κ1) is 18.5. The summed E-state index contributed by atoms with van der Waals surface area (Å²) in [5, 5.41) is 12.1. The van der Waals surface area contributed by atoms with Crippen LogP contribution in [-0.4, -0.2) is 35.9 Å². The maximum absolute atomic E-state index is 12.0. The second kappa shape index (κ2) is 8.84. The highest BCUT2D eigenvalue weighted by molar-refractivity contribution is 5.89. The molecule has 2 N–H and O–H groups in total. The minimum Gasteiger partial charge on any atom is -0.460 e. The van der Waals surface area contributed by atoms with Crippen molar-refractivity contribution in [1.82, 2.24) is 5.32 Å². The van der Waals surface area contributed by atoms with E-state index < -0.39 is 24.2 Å². The number of hydrogen-bond donors (Lipinski definition) is 2. The van der Waals surface area contributed by atoms with E-state index in [0.717, 1.165) is 5.56 Å². The normalized spacial score (nSPS) is 12.7. The summed E-state index contributed by atoms with van der Waals surface area (Å²) in [6, 6.07) is 17.7. The Morgan fingerprint density at radius 2 is 1.60 bits per heavy atom. The van der Waals surface area contributed by atoms with Gasteiger partial charge in [-0.25, -0.2) is 9.59 Å². The summed E-state index contributed by atoms with van der Waals surface area (Å²) >= 11 is 0. The van der Waals surface area contributed by atoms with Crippen LogP contribution in [0.5, 0.6) is 0 Å². The van der Waals surface area contributed by atoms with E-state index in [0.29, 0.717) is 5.56 Å². The maximum Gasteiger partial charge on any atom is 0.408 e. The molecule has 0 fully saturated rings. The van der Waals surface area contributed by atoms with E-state index in [-0.39, 0.29) is 13.2 Å². The van der Waals surface area contributed by atoms with Gasteiger partial charge in [0.15, 0.2) is 0 Å². The molecule has 0 aliphatic rings. The summed E-state index contributed by atoms with van der Waals surface area (Å²) in [4.78, 5) is 23.9. The maximum atomic E-state index is 12.0. The molecule has 0 aromatic heterocycles. The van der Waals surface area contributed by atoms with Crippen LogP contribution < -0.4 is 5.32 Å². The summed E-state index contributed by atoms with van der Waals surface area (Å²) in [5.74, 6) is -0.528. The number of aliphatic hydroxyl groups excluding tert-OH is 1. The number of aliphatic hydroxyl groups is 1. The lowest BCUT2D eigenvalue weighted by Crippen LogP contribution is -2.52. The summed E-state index contributed by atoms with van der Waals surface area (Å²) in [7, 11) is 0. The first-order valence-electron chi connectivity index (χ1n) is 7.84. The third-order valence-electron chi connectivity index (χ3n) is 3.50. The molecule has 0 bridgehead atoms. The molecule has 132 valence electrons. The Morgan fingerprint density at radius 3 is 2.20 bits per heavy atom. The fraction of sp³-hybridized carbons (Fsp3) is 0.263. The molecule has 2 rings (SSSR count). The van der Waals surface area contributed by atoms with E-state index in [1.165, 1.54) is 0 Å². The number of nitrogens with one attached hydrogen (secondary N) is 1. The van der Waals surface area contributed by atoms with Crippen LogP contribution in [0.25, 0.3) is 0 Å². The first-order valence-corrected chi connectivity index (χ1v) is 7.84. The van der Waals surface area contributed by atoms with Gasteiger partial charge in [-0.2, -0.15) is 0 Å². The number of rotatable bonds is 7. The molecule has 0 saturated carbocycles. The predicted octanol–water partition coefficient (Wildman–Crippen LogP) is 2.52. The molecule has 2 aromatic rings. The Morgan fingerprint density at radius 1 is 1.00 bits per heavy atom. The quantitative estimate of drug-likeness (QED) is 0.755. The lowest BCUT2D eigenvalue weighted by atomic mass is 10.1. The van der Waals surface area contributed by atoms with Crippen LogP contribution in [0.3, 0.4) is 0 Å². The van der Waals surface area contributed by atoms with Crippen molar-refractivity contribution < 1.29 is 24.2 Å². The van der Waals surface area contributed by atoms with E-state index in [9.17, 15) is 14.7 Å². The van der Waals surface area contributed by atoms with Gasteiger partial charge in [-0.3, -0.25) is 0 Å². The van der Waals surface area contributed by atoms with Crippen molar-refractivity contribution in [3.8, 4) is 0 Å². The van der Waals surface area contributed by atoms with Gasteiger partial charge >= 0.3 is 12.1 Å². The van der Waals surface area contributed by atoms with Crippen molar-refractivity contribution >= 4 is 12.1 Å². The Balaban J connectivity index is 1.84. The second-order valence-corrected chi connectivity index (χ2v) is 5.85. The largest absolute Gasteiger partial charge is 0.460 e. The Kier molecular flexibility index (Phi) is 6.54. The van der Waals surface area contributed by atoms with Gasteiger partial charge < -0.3 is 19.9 Å². The zero-order valence-corrected chi connectivity index (χ0v) is 14.0. The minimum absolute atomic E-state index is 0.109. The number of amides is 1. The van der Waals surface area contributed by atoms with Gasteiger partial charge in [-0.15, -0.1) is 0 Å². The van der Waals surface area contributed by atoms with Gasteiger partial charge in [0.2, 0.25) is 0 Å². The number of carbonyl (C=O) groups is 2. The molecule has 1 atom stereocenters. The smallest absolute Gasteiger partial charge is 0.408 e. The highest BCUT2D eigenvalue weighted by Crippen LogP contribution is 2.09. The average molecular weight is 343 g/mol. The molecule has 0 aliphatic carbocycles. The van der Waals surface area contributed by atoms with E-state index in [2.05, 4.69) is 5.32 Å². The van der Waals surface area contributed by atoms with E-state index >= 15 is 0 Å². The van der Waals surface area contributed by atoms with Gasteiger partial charge in [0.1, 0.15) is 13.2 Å². The second-order valence-electron chi connectivity index (χ2n) is 5.85. The van der Waals surface area contributed by atoms with Gasteiger partial charge in [-0.1, -0.05) is 48.5 Å². The molecule has 0 heterocycles. The molecular formula is C19H21NO5. The standard InChI is InChI=1S/C19H21NO5/c1-19(13-21,14-25-17(22)16-10-6-3-7-11-16)20-18(23)24-12-15-8-4-2-5-9-15/h2-11,21H,12-14H2,1H3,(H,20,23). The highest BCUT2D eigenvalue weighted by Gasteiger charge is 2.28. The molecule has 0 saturated heterocycles. The van der Waals surface area contributed by atoms with Crippen LogP contribution >= 0.6 is 0 Å². The summed E-state index contributed by atoms with van der Waals surface area (Å²) in [6.07, 6.45) is -0.698. The van der Waals surface area contributed by atoms with Crippen LogP contribution in [0, 0.1) is 0 Å². The number of esters is 1. The number of carbonyl (C=O) groups excluding carboxylic acids is 2. The van der Waals surface area contributed by atoms with Crippen molar-refractivity contribution in [3.05, 3.63) is 71.8 Å². The fourth-order valence-electron chi connectivity index (χ4n) is 2.01. The van der Waals surface area contributed by atoms with Crippen LogP contribution in [0.1, 0.15) is 22.8 Å². The average Bonchev–Trinajstić information content (AvgIpc) is 2.66. The summed E-state index contributed by atoms with van der Waals surface area (Å²) in [5.41, 5.74) is 0.103. The van der Waals surface area contributed by atoms with E-state index in [1.54, 1.807) is 37.3 Å². The van der Waals surface area contributed by atoms with Gasteiger partial charge in [0.25, 0.3) is 0 Å². The fourth-order valence-corrected chi connectivity index (χ4v) is 2.01. The Bertz CT molecular complexity index is 689. The van der Waals surface area contributed by atoms with Crippen LogP contribution in [0.4, 0.5) is 4.79 Å². The van der Waals surface area contributed by atoms with Gasteiger partial charge in [0, 0.05) is 0 Å². The Labute approximate surface area is 146 Å². The van der Waals surface area contributed by atoms with E-state index in [1.807, 2.05) is 30.3 Å². The number of alkyl carbamates (subject to hydrolysis) is 1. The molecule has 1 unspecified atom stereocenters. The van der Waals surface area contributed by atoms with Crippen LogP contribution in [0.2, 0.25) is 0 Å². The zero-order valence-electron chi connectivity index (χ0n) is 14.0. The number of benzene rings is 2. The van der Waals surface area contributed by atoms with Crippen molar-refractivity contribution in [2.75, 3.05) is 13.2 Å². The molecule has 0 spiro atoms. The van der Waals surface area contributed by atoms with Crippen LogP contribution in [-0.2, 0) is 16.1 Å². The third kappa shape index (κ3) is 5.93. The Hall–Kier alpha value is -2.86. The monoisotopic (exact) mass is 343 g/mol. The van der Waals surface area contributed by atoms with E-state index in [4.69, 9.17) is 9.47 Å². The van der Waals surface area contributed by atoms with Crippen molar-refractivity contribution in [2.24, 2.45) is 0 Å². The topological polar surface area (TPSA) is 84.9 Å². The lowest BCUT2D eigenvalue weighted by molar-refractivity contribution is 0.0274. The molecular weight excluding hydrogens is 322 g/mol. The molecule has 2 aromatic carbocycles. The van der Waals surface area contributed by atoms with Gasteiger partial charge in [-0.05, 0) is 24.6 Å². The minimum atomic E-state index is -1.14. The number of hydrogen-bond acceptors (Lipinski definition) is 5. The molecule has 6 nitrogen and oxygen atoms in total. The highest BCUT2D eigenvalue weighted by atomic mass is 16.6. The van der Waals surface area contributed by atoms with Crippen molar-refractivity contribution in [3.63, 3.8) is 0 Å². The number of ether oxygens (including phenoxy) is 2.